The molecule has 0 radical (unpaired) electrons. The van der Waals surface area contributed by atoms with E-state index < -0.39 is 35.9 Å². The van der Waals surface area contributed by atoms with E-state index in [1.165, 1.54) is 6.07 Å². The minimum Gasteiger partial charge on any atom is -0.329 e. The molecule has 0 spiro atoms. The molecule has 0 aliphatic rings. The highest BCUT2D eigenvalue weighted by Gasteiger charge is 2.31. The number of amides is 4. The summed E-state index contributed by atoms with van der Waals surface area (Å²) in [6.07, 6.45) is -4.49. The molecule has 0 heterocycles. The molecule has 11 heteroatoms. The van der Waals surface area contributed by atoms with Crippen molar-refractivity contribution in [2.45, 2.75) is 18.3 Å². The van der Waals surface area contributed by atoms with Gasteiger partial charge in [-0.25, -0.2) is 9.59 Å². The molecule has 0 saturated carbocycles. The molecule has 0 aliphatic heterocycles. The minimum atomic E-state index is -4.49. The Balaban J connectivity index is 1.59. The quantitative estimate of drug-likeness (QED) is 0.175. The van der Waals surface area contributed by atoms with Gasteiger partial charge in [-0.3, -0.25) is 0 Å². The molecule has 0 aromatic heterocycles. The summed E-state index contributed by atoms with van der Waals surface area (Å²) in [7, 11) is 0. The van der Waals surface area contributed by atoms with Gasteiger partial charge in [0.15, 0.2) is 0 Å². The number of urea groups is 2. The van der Waals surface area contributed by atoms with Crippen LogP contribution in [0, 0.1) is 0 Å². The number of alkyl halides is 3. The fourth-order valence-corrected chi connectivity index (χ4v) is 4.27. The summed E-state index contributed by atoms with van der Waals surface area (Å²) in [5.74, 6) is 0. The molecular formula is C29H23Cl2F3N4O2. The van der Waals surface area contributed by atoms with Crippen LogP contribution in [0.3, 0.4) is 0 Å². The summed E-state index contributed by atoms with van der Waals surface area (Å²) in [6.45, 7) is 0. The number of carbonyl (C=O) groups is 2. The van der Waals surface area contributed by atoms with Crippen molar-refractivity contribution in [1.29, 1.82) is 0 Å². The first-order chi connectivity index (χ1) is 19.1. The molecule has 4 amide bonds. The van der Waals surface area contributed by atoms with Crippen molar-refractivity contribution in [3.8, 4) is 0 Å². The Bertz CT molecular complexity index is 1450. The van der Waals surface area contributed by atoms with Crippen molar-refractivity contribution in [1.82, 2.24) is 10.6 Å². The number of halogens is 5. The SMILES string of the molecule is O=C(Nc1ccc(C(F)(F)F)cc1)N[C@@H](c1ccccc1)[C@@H](NC(=O)Nc1ccc(Cl)c(Cl)c1)c1ccccc1. The predicted octanol–water partition coefficient (Wildman–Crippen LogP) is 8.44. The van der Waals surface area contributed by atoms with E-state index in [2.05, 4.69) is 21.3 Å². The van der Waals surface area contributed by atoms with Crippen molar-refractivity contribution < 1.29 is 22.8 Å². The Morgan fingerprint density at radius 1 is 0.600 bits per heavy atom. The van der Waals surface area contributed by atoms with Crippen molar-refractivity contribution in [3.63, 3.8) is 0 Å². The fourth-order valence-electron chi connectivity index (χ4n) is 3.97. The van der Waals surface area contributed by atoms with Gasteiger partial charge in [0.05, 0.1) is 27.7 Å². The van der Waals surface area contributed by atoms with Gasteiger partial charge in [0.2, 0.25) is 0 Å². The monoisotopic (exact) mass is 586 g/mol. The second-order valence-corrected chi connectivity index (χ2v) is 9.49. The van der Waals surface area contributed by atoms with Gasteiger partial charge in [0, 0.05) is 11.4 Å². The lowest BCUT2D eigenvalue weighted by Gasteiger charge is -2.30. The van der Waals surface area contributed by atoms with Gasteiger partial charge in [-0.05, 0) is 53.6 Å². The minimum absolute atomic E-state index is 0.166. The number of nitrogens with one attached hydrogen (secondary N) is 4. The van der Waals surface area contributed by atoms with Crippen LogP contribution in [0.25, 0.3) is 0 Å². The molecule has 0 unspecified atom stereocenters. The molecule has 4 aromatic rings. The van der Waals surface area contributed by atoms with Gasteiger partial charge in [0.25, 0.3) is 0 Å². The topological polar surface area (TPSA) is 82.3 Å². The number of hydrogen-bond donors (Lipinski definition) is 4. The molecule has 6 nitrogen and oxygen atoms in total. The van der Waals surface area contributed by atoms with E-state index in [1.54, 1.807) is 60.7 Å². The maximum atomic E-state index is 13.1. The maximum absolute atomic E-state index is 13.1. The lowest BCUT2D eigenvalue weighted by molar-refractivity contribution is -0.137. The zero-order chi connectivity index (χ0) is 28.7. The molecule has 0 fully saturated rings. The normalized spacial score (nSPS) is 12.6. The molecule has 2 atom stereocenters. The van der Waals surface area contributed by atoms with Crippen molar-refractivity contribution in [2.75, 3.05) is 10.6 Å². The molecule has 4 aromatic carbocycles. The van der Waals surface area contributed by atoms with Crippen LogP contribution in [0.1, 0.15) is 28.8 Å². The number of rotatable bonds is 7. The Morgan fingerprint density at radius 2 is 1.05 bits per heavy atom. The molecule has 0 bridgehead atoms. The number of hydrogen-bond acceptors (Lipinski definition) is 2. The molecule has 40 heavy (non-hydrogen) atoms. The smallest absolute Gasteiger partial charge is 0.329 e. The standard InChI is InChI=1S/C29H23Cl2F3N4O2/c30-23-16-15-22(17-24(23)31)36-28(40)38-26(19-9-5-2-6-10-19)25(18-7-3-1-4-8-18)37-27(39)35-21-13-11-20(12-14-21)29(32,33)34/h1-17,25-26H,(H2,35,37,39)(H2,36,38,40)/t25-,26-/m0/s1. The van der Waals surface area contributed by atoms with Gasteiger partial charge in [-0.2, -0.15) is 13.2 Å². The van der Waals surface area contributed by atoms with Crippen LogP contribution >= 0.6 is 23.2 Å². The van der Waals surface area contributed by atoms with Gasteiger partial charge >= 0.3 is 18.2 Å². The third-order valence-corrected chi connectivity index (χ3v) is 6.61. The highest BCUT2D eigenvalue weighted by molar-refractivity contribution is 6.42. The van der Waals surface area contributed by atoms with E-state index in [0.717, 1.165) is 24.3 Å². The maximum Gasteiger partial charge on any atom is 0.416 e. The Labute approximate surface area is 238 Å². The first-order valence-electron chi connectivity index (χ1n) is 12.0. The van der Waals surface area contributed by atoms with E-state index >= 15 is 0 Å². The number of benzene rings is 4. The summed E-state index contributed by atoms with van der Waals surface area (Å²) in [5, 5.41) is 11.6. The van der Waals surface area contributed by atoms with Crippen molar-refractivity contribution >= 4 is 46.6 Å². The summed E-state index contributed by atoms with van der Waals surface area (Å²) in [4.78, 5) is 26.2. The molecule has 0 saturated heterocycles. The van der Waals surface area contributed by atoms with Crippen molar-refractivity contribution in [3.05, 3.63) is 130 Å². The van der Waals surface area contributed by atoms with Gasteiger partial charge in [0.1, 0.15) is 0 Å². The molecule has 206 valence electrons. The number of carbonyl (C=O) groups excluding carboxylic acids is 2. The third-order valence-electron chi connectivity index (χ3n) is 5.87. The van der Waals surface area contributed by atoms with E-state index in [9.17, 15) is 22.8 Å². The lowest BCUT2D eigenvalue weighted by atomic mass is 9.93. The van der Waals surface area contributed by atoms with Crippen LogP contribution in [0.15, 0.2) is 103 Å². The fraction of sp³-hybridized carbons (Fsp3) is 0.103. The molecule has 4 N–H and O–H groups in total. The largest absolute Gasteiger partial charge is 0.416 e. The lowest BCUT2D eigenvalue weighted by Crippen LogP contribution is -2.43. The van der Waals surface area contributed by atoms with Gasteiger partial charge < -0.3 is 21.3 Å². The second kappa shape index (κ2) is 12.8. The van der Waals surface area contributed by atoms with Crippen LogP contribution in [0.5, 0.6) is 0 Å². The zero-order valence-corrected chi connectivity index (χ0v) is 22.2. The van der Waals surface area contributed by atoms with Crippen LogP contribution in [0.4, 0.5) is 34.1 Å². The van der Waals surface area contributed by atoms with E-state index in [-0.39, 0.29) is 10.7 Å². The Kier molecular flexibility index (Phi) is 9.19. The van der Waals surface area contributed by atoms with Crippen LogP contribution in [-0.2, 0) is 6.18 Å². The number of anilines is 2. The predicted molar refractivity (Wildman–Crippen MR) is 151 cm³/mol. The Morgan fingerprint density at radius 3 is 1.50 bits per heavy atom. The highest BCUT2D eigenvalue weighted by atomic mass is 35.5. The average molecular weight is 587 g/mol. The summed E-state index contributed by atoms with van der Waals surface area (Å²) in [6, 6.07) is 23.9. The summed E-state index contributed by atoms with van der Waals surface area (Å²) >= 11 is 12.0. The van der Waals surface area contributed by atoms with Gasteiger partial charge in [-0.1, -0.05) is 83.9 Å². The van der Waals surface area contributed by atoms with Crippen LogP contribution in [-0.4, -0.2) is 12.1 Å². The van der Waals surface area contributed by atoms with Crippen molar-refractivity contribution in [2.24, 2.45) is 0 Å². The zero-order valence-electron chi connectivity index (χ0n) is 20.7. The average Bonchev–Trinajstić information content (AvgIpc) is 2.93. The van der Waals surface area contributed by atoms with Crippen LogP contribution < -0.4 is 21.3 Å². The first-order valence-corrected chi connectivity index (χ1v) is 12.7. The van der Waals surface area contributed by atoms with E-state index in [0.29, 0.717) is 21.8 Å². The second-order valence-electron chi connectivity index (χ2n) is 8.68. The van der Waals surface area contributed by atoms with E-state index in [1.807, 2.05) is 12.1 Å². The third kappa shape index (κ3) is 7.68. The Hall–Kier alpha value is -4.21. The first kappa shape index (κ1) is 28.8. The summed E-state index contributed by atoms with van der Waals surface area (Å²) < 4.78 is 38.8. The van der Waals surface area contributed by atoms with Gasteiger partial charge in [-0.15, -0.1) is 0 Å². The van der Waals surface area contributed by atoms with Crippen LogP contribution in [0.2, 0.25) is 10.0 Å². The summed E-state index contributed by atoms with van der Waals surface area (Å²) in [5.41, 5.74) is 1.10. The van der Waals surface area contributed by atoms with E-state index in [4.69, 9.17) is 23.2 Å². The highest BCUT2D eigenvalue weighted by Crippen LogP contribution is 2.31. The molecular weight excluding hydrogens is 564 g/mol. The molecule has 4 rings (SSSR count). The molecule has 0 aliphatic carbocycles.